The van der Waals surface area contributed by atoms with Crippen LogP contribution in [0.25, 0.3) is 10.8 Å². The second-order valence-corrected chi connectivity index (χ2v) is 14.5. The topological polar surface area (TPSA) is 98.1 Å². The molecule has 0 radical (unpaired) electrons. The quantitative estimate of drug-likeness (QED) is 0.306. The molecule has 3 aliphatic heterocycles. The molecule has 6 rings (SSSR count). The zero-order chi connectivity index (χ0) is 33.5. The molecule has 0 saturated carbocycles. The third-order valence-corrected chi connectivity index (χ3v) is 10.0. The molecule has 0 spiro atoms. The van der Waals surface area contributed by atoms with Gasteiger partial charge < -0.3 is 24.2 Å². The van der Waals surface area contributed by atoms with Gasteiger partial charge in [-0.2, -0.15) is 15.2 Å². The molecule has 12 heteroatoms. The van der Waals surface area contributed by atoms with Gasteiger partial charge in [0.25, 0.3) is 0 Å². The number of likely N-dealkylation sites (tertiary alicyclic amines) is 1. The second-order valence-electron chi connectivity index (χ2n) is 14.1. The van der Waals surface area contributed by atoms with Gasteiger partial charge in [0.1, 0.15) is 23.8 Å². The zero-order valence-corrected chi connectivity index (χ0v) is 28.6. The second kappa shape index (κ2) is 13.0. The Bertz CT molecular complexity index is 1710. The summed E-state index contributed by atoms with van der Waals surface area (Å²) in [5.74, 6) is 0.315. The number of rotatable bonds is 6. The summed E-state index contributed by atoms with van der Waals surface area (Å²) in [6.45, 7) is 11.6. The molecule has 0 aliphatic carbocycles. The predicted molar refractivity (Wildman–Crippen MR) is 181 cm³/mol. The van der Waals surface area contributed by atoms with Crippen molar-refractivity contribution in [2.75, 3.05) is 56.2 Å². The van der Waals surface area contributed by atoms with E-state index in [1.54, 1.807) is 11.0 Å². The number of likely N-dealkylation sites (N-methyl/N-ethyl adjacent to an activating group) is 1. The first-order chi connectivity index (χ1) is 22.4. The molecule has 0 N–H and O–H groups in total. The lowest BCUT2D eigenvalue weighted by Crippen LogP contribution is -2.56. The number of benzene rings is 2. The van der Waals surface area contributed by atoms with Crippen LogP contribution in [-0.4, -0.2) is 89.4 Å². The molecule has 0 bridgehead atoms. The Kier molecular flexibility index (Phi) is 9.11. The molecule has 1 aromatic heterocycles. The van der Waals surface area contributed by atoms with E-state index in [2.05, 4.69) is 34.7 Å². The van der Waals surface area contributed by atoms with Crippen molar-refractivity contribution in [3.63, 3.8) is 0 Å². The number of nitrogens with zero attached hydrogens (tertiary/aromatic N) is 7. The molecule has 2 saturated heterocycles. The van der Waals surface area contributed by atoms with Crippen LogP contribution >= 0.6 is 11.6 Å². The molecule has 1 unspecified atom stereocenters. The normalized spacial score (nSPS) is 21.9. The minimum absolute atomic E-state index is 0.108. The van der Waals surface area contributed by atoms with E-state index in [4.69, 9.17) is 31.0 Å². The van der Waals surface area contributed by atoms with E-state index in [1.165, 1.54) is 6.07 Å². The number of nitriles is 1. The number of hydrogen-bond donors (Lipinski definition) is 0. The van der Waals surface area contributed by atoms with E-state index < -0.39 is 17.5 Å². The Morgan fingerprint density at radius 1 is 1.15 bits per heavy atom. The van der Waals surface area contributed by atoms with Crippen LogP contribution in [0.1, 0.15) is 58.2 Å². The number of aromatic nitrogens is 2. The van der Waals surface area contributed by atoms with Crippen molar-refractivity contribution in [3.8, 4) is 12.1 Å². The highest BCUT2D eigenvalue weighted by atomic mass is 35.5. The van der Waals surface area contributed by atoms with Crippen molar-refractivity contribution >= 4 is 40.0 Å². The molecule has 3 aromatic rings. The largest absolute Gasteiger partial charge is 0.461 e. The Morgan fingerprint density at radius 3 is 2.68 bits per heavy atom. The molecule has 2 atom stereocenters. The van der Waals surface area contributed by atoms with Crippen LogP contribution in [0.15, 0.2) is 30.3 Å². The lowest BCUT2D eigenvalue weighted by Gasteiger charge is -2.42. The van der Waals surface area contributed by atoms with Crippen molar-refractivity contribution in [2.24, 2.45) is 0 Å². The average Bonchev–Trinajstić information content (AvgIpc) is 3.37. The number of piperazine rings is 1. The number of fused-ring (bicyclic) bond motifs is 2. The molecule has 2 aromatic carbocycles. The van der Waals surface area contributed by atoms with Crippen LogP contribution in [0.5, 0.6) is 6.01 Å². The number of halogens is 2. The Balaban J connectivity index is 1.34. The molecule has 4 heterocycles. The summed E-state index contributed by atoms with van der Waals surface area (Å²) in [6.07, 6.45) is 2.53. The first-order valence-electron chi connectivity index (χ1n) is 16.3. The molecule has 3 aliphatic rings. The van der Waals surface area contributed by atoms with Gasteiger partial charge in [0.2, 0.25) is 0 Å². The van der Waals surface area contributed by atoms with Crippen molar-refractivity contribution in [1.82, 2.24) is 19.8 Å². The van der Waals surface area contributed by atoms with Crippen LogP contribution < -0.4 is 14.5 Å². The Hall–Kier alpha value is -3.88. The fourth-order valence-corrected chi connectivity index (χ4v) is 7.19. The fraction of sp³-hybridized carbons (Fsp3) is 0.543. The average molecular weight is 664 g/mol. The van der Waals surface area contributed by atoms with E-state index in [0.717, 1.165) is 47.5 Å². The van der Waals surface area contributed by atoms with Crippen molar-refractivity contribution < 1.29 is 18.7 Å². The summed E-state index contributed by atoms with van der Waals surface area (Å²) in [7, 11) is 2.12. The molecule has 47 heavy (non-hydrogen) atoms. The predicted octanol–water partition coefficient (Wildman–Crippen LogP) is 6.19. The van der Waals surface area contributed by atoms with Crippen LogP contribution in [0.2, 0.25) is 5.02 Å². The Morgan fingerprint density at radius 2 is 1.96 bits per heavy atom. The maximum atomic E-state index is 14.6. The van der Waals surface area contributed by atoms with Crippen LogP contribution in [0.3, 0.4) is 0 Å². The SMILES string of the molecule is CN1CCCC1(C)COc1nc2c(c(N3CCN(C(=O)OC(C)(C)C)[C@@H](CC#N)C3)n1)CCN(c1cccc3ccc(F)c(Cl)c13)C2. The van der Waals surface area contributed by atoms with E-state index in [1.807, 2.05) is 39.0 Å². The highest BCUT2D eigenvalue weighted by Gasteiger charge is 2.38. The summed E-state index contributed by atoms with van der Waals surface area (Å²) in [4.78, 5) is 31.4. The molecular formula is C35H43ClFN7O3. The smallest absolute Gasteiger partial charge is 0.410 e. The highest BCUT2D eigenvalue weighted by molar-refractivity contribution is 6.36. The Labute approximate surface area is 281 Å². The van der Waals surface area contributed by atoms with Crippen molar-refractivity contribution in [3.05, 3.63) is 52.4 Å². The summed E-state index contributed by atoms with van der Waals surface area (Å²) in [5.41, 5.74) is 1.93. The van der Waals surface area contributed by atoms with Gasteiger partial charge in [-0.3, -0.25) is 4.90 Å². The standard InChI is InChI=1S/C35H43ClFN7O3/c1-34(2,3)47-33(45)44-19-18-43(20-24(44)12-15-38)31-25-13-17-42(28-9-6-8-23-10-11-26(37)30(36)29(23)28)21-27(25)39-32(40-31)46-22-35(4)14-7-16-41(35)5/h6,8-11,24H,7,12-14,16-22H2,1-5H3/t24-,35?/m0/s1. The maximum absolute atomic E-state index is 14.6. The van der Waals surface area contributed by atoms with Gasteiger partial charge in [0.05, 0.1) is 41.3 Å². The van der Waals surface area contributed by atoms with Gasteiger partial charge >= 0.3 is 12.1 Å². The van der Waals surface area contributed by atoms with Crippen LogP contribution in [0, 0.1) is 17.1 Å². The van der Waals surface area contributed by atoms with Gasteiger partial charge in [-0.25, -0.2) is 9.18 Å². The molecular weight excluding hydrogens is 621 g/mol. The monoisotopic (exact) mass is 663 g/mol. The molecule has 10 nitrogen and oxygen atoms in total. The third-order valence-electron chi connectivity index (χ3n) is 9.66. The van der Waals surface area contributed by atoms with E-state index in [9.17, 15) is 14.4 Å². The summed E-state index contributed by atoms with van der Waals surface area (Å²) >= 11 is 6.52. The number of carbonyl (C=O) groups is 1. The van der Waals surface area contributed by atoms with Crippen LogP contribution in [-0.2, 0) is 17.7 Å². The van der Waals surface area contributed by atoms with Gasteiger partial charge in [0.15, 0.2) is 0 Å². The summed E-state index contributed by atoms with van der Waals surface area (Å²) < 4.78 is 26.7. The number of carbonyl (C=O) groups excluding carboxylic acids is 1. The number of ether oxygens (including phenoxy) is 2. The number of hydrogen-bond acceptors (Lipinski definition) is 9. The van der Waals surface area contributed by atoms with Crippen molar-refractivity contribution in [2.45, 2.75) is 77.1 Å². The minimum atomic E-state index is -0.640. The van der Waals surface area contributed by atoms with E-state index in [0.29, 0.717) is 57.1 Å². The first kappa shape index (κ1) is 33.0. The molecule has 1 amide bonds. The molecule has 250 valence electrons. The fourth-order valence-electron chi connectivity index (χ4n) is 6.92. The van der Waals surface area contributed by atoms with Crippen LogP contribution in [0.4, 0.5) is 20.7 Å². The van der Waals surface area contributed by atoms with E-state index in [-0.39, 0.29) is 23.0 Å². The van der Waals surface area contributed by atoms with Gasteiger partial charge in [-0.15, -0.1) is 0 Å². The molecule has 2 fully saturated rings. The van der Waals surface area contributed by atoms with Gasteiger partial charge in [-0.1, -0.05) is 29.8 Å². The van der Waals surface area contributed by atoms with E-state index >= 15 is 0 Å². The van der Waals surface area contributed by atoms with Gasteiger partial charge in [-0.05, 0) is 78.1 Å². The lowest BCUT2D eigenvalue weighted by molar-refractivity contribution is 0.0144. The zero-order valence-electron chi connectivity index (χ0n) is 27.9. The third kappa shape index (κ3) is 6.76. The number of amides is 1. The minimum Gasteiger partial charge on any atom is -0.461 e. The van der Waals surface area contributed by atoms with Crippen molar-refractivity contribution in [1.29, 1.82) is 5.26 Å². The first-order valence-corrected chi connectivity index (χ1v) is 16.7. The highest BCUT2D eigenvalue weighted by Crippen LogP contribution is 2.38. The summed E-state index contributed by atoms with van der Waals surface area (Å²) in [6, 6.07) is 11.2. The number of anilines is 2. The van der Waals surface area contributed by atoms with Gasteiger partial charge in [0, 0.05) is 42.8 Å². The maximum Gasteiger partial charge on any atom is 0.410 e. The lowest BCUT2D eigenvalue weighted by atomic mass is 10.0. The summed E-state index contributed by atoms with van der Waals surface area (Å²) in [5, 5.41) is 11.3.